The van der Waals surface area contributed by atoms with Crippen molar-refractivity contribution in [3.8, 4) is 0 Å². The minimum atomic E-state index is 0.467. The molecule has 0 amide bonds. The van der Waals surface area contributed by atoms with Crippen molar-refractivity contribution in [1.29, 1.82) is 0 Å². The molecule has 0 aromatic carbocycles. The summed E-state index contributed by atoms with van der Waals surface area (Å²) in [5.41, 5.74) is 3.64. The van der Waals surface area contributed by atoms with Crippen molar-refractivity contribution in [2.45, 2.75) is 32.7 Å². The van der Waals surface area contributed by atoms with Crippen LogP contribution < -0.4 is 5.32 Å². The lowest BCUT2D eigenvalue weighted by atomic mass is 10.1. The third kappa shape index (κ3) is 1.80. The quantitative estimate of drug-likeness (QED) is 0.791. The predicted octanol–water partition coefficient (Wildman–Crippen LogP) is 2.37. The Hall–Kier alpha value is -0.890. The summed E-state index contributed by atoms with van der Waals surface area (Å²) >= 11 is 0. The Balaban J connectivity index is 2.25. The maximum Gasteiger partial charge on any atom is 0.0579 e. The second-order valence-corrected chi connectivity index (χ2v) is 4.24. The van der Waals surface area contributed by atoms with Crippen molar-refractivity contribution < 1.29 is 0 Å². The summed E-state index contributed by atoms with van der Waals surface area (Å²) in [6.07, 6.45) is 2.69. The molecular formula is C12H18N2. The fourth-order valence-electron chi connectivity index (χ4n) is 1.88. The molecule has 76 valence electrons. The molecule has 0 radical (unpaired) electrons. The summed E-state index contributed by atoms with van der Waals surface area (Å²) < 4.78 is 0. The van der Waals surface area contributed by atoms with Gasteiger partial charge in [-0.1, -0.05) is 6.07 Å². The highest BCUT2D eigenvalue weighted by atomic mass is 14.9. The van der Waals surface area contributed by atoms with Crippen LogP contribution in [0.4, 0.5) is 0 Å². The van der Waals surface area contributed by atoms with Crippen LogP contribution in [0, 0.1) is 19.8 Å². The summed E-state index contributed by atoms with van der Waals surface area (Å²) in [6.45, 7) is 4.19. The number of nitrogens with zero attached hydrogens (tertiary/aromatic N) is 1. The van der Waals surface area contributed by atoms with Gasteiger partial charge in [0, 0.05) is 5.69 Å². The van der Waals surface area contributed by atoms with E-state index in [2.05, 4.69) is 36.3 Å². The van der Waals surface area contributed by atoms with Crippen LogP contribution in [0.2, 0.25) is 0 Å². The molecule has 1 aliphatic rings. The minimum Gasteiger partial charge on any atom is -0.311 e. The van der Waals surface area contributed by atoms with Crippen LogP contribution in [0.1, 0.15) is 35.8 Å². The fraction of sp³-hybridized carbons (Fsp3) is 0.583. The molecule has 1 fully saturated rings. The van der Waals surface area contributed by atoms with E-state index in [1.54, 1.807) is 0 Å². The fourth-order valence-corrected chi connectivity index (χ4v) is 1.88. The molecule has 0 aliphatic heterocycles. The third-order valence-electron chi connectivity index (χ3n) is 3.09. The molecule has 0 saturated heterocycles. The van der Waals surface area contributed by atoms with E-state index in [-0.39, 0.29) is 0 Å². The standard InChI is InChI=1S/C12H18N2/c1-8-4-7-11(14-9(8)2)12(13-3)10-5-6-10/h4,7,10,12-13H,5-6H2,1-3H3. The van der Waals surface area contributed by atoms with Crippen molar-refractivity contribution in [3.63, 3.8) is 0 Å². The average molecular weight is 190 g/mol. The smallest absolute Gasteiger partial charge is 0.0579 e. The molecule has 1 atom stereocenters. The zero-order chi connectivity index (χ0) is 10.1. The Morgan fingerprint density at radius 2 is 2.07 bits per heavy atom. The topological polar surface area (TPSA) is 24.9 Å². The molecule has 1 N–H and O–H groups in total. The second-order valence-electron chi connectivity index (χ2n) is 4.24. The van der Waals surface area contributed by atoms with Crippen molar-refractivity contribution in [3.05, 3.63) is 29.1 Å². The van der Waals surface area contributed by atoms with E-state index < -0.39 is 0 Å². The van der Waals surface area contributed by atoms with E-state index in [0.717, 1.165) is 11.6 Å². The molecule has 0 bridgehead atoms. The van der Waals surface area contributed by atoms with E-state index in [1.165, 1.54) is 24.1 Å². The molecule has 1 unspecified atom stereocenters. The van der Waals surface area contributed by atoms with Crippen LogP contribution in [0.5, 0.6) is 0 Å². The number of pyridine rings is 1. The SMILES string of the molecule is CNC(c1ccc(C)c(C)n1)C1CC1. The lowest BCUT2D eigenvalue weighted by Gasteiger charge is -2.15. The number of nitrogens with one attached hydrogen (secondary N) is 1. The Kier molecular flexibility index (Phi) is 2.55. The lowest BCUT2D eigenvalue weighted by molar-refractivity contribution is 0.514. The number of aryl methyl sites for hydroxylation is 2. The number of hydrogen-bond donors (Lipinski definition) is 1. The molecule has 1 aliphatic carbocycles. The van der Waals surface area contributed by atoms with E-state index in [9.17, 15) is 0 Å². The van der Waals surface area contributed by atoms with Crippen molar-refractivity contribution in [1.82, 2.24) is 10.3 Å². The van der Waals surface area contributed by atoms with E-state index in [0.29, 0.717) is 6.04 Å². The van der Waals surface area contributed by atoms with Crippen LogP contribution in [0.25, 0.3) is 0 Å². The van der Waals surface area contributed by atoms with Gasteiger partial charge in [0.1, 0.15) is 0 Å². The van der Waals surface area contributed by atoms with Gasteiger partial charge in [0.25, 0.3) is 0 Å². The first kappa shape index (κ1) is 9.66. The van der Waals surface area contributed by atoms with Gasteiger partial charge in [-0.2, -0.15) is 0 Å². The molecular weight excluding hydrogens is 172 g/mol. The molecule has 0 spiro atoms. The average Bonchev–Trinajstić information content (AvgIpc) is 2.96. The van der Waals surface area contributed by atoms with Crippen LogP contribution in [-0.4, -0.2) is 12.0 Å². The second kappa shape index (κ2) is 3.70. The van der Waals surface area contributed by atoms with E-state index >= 15 is 0 Å². The summed E-state index contributed by atoms with van der Waals surface area (Å²) in [6, 6.07) is 4.79. The highest BCUT2D eigenvalue weighted by Gasteiger charge is 2.31. The largest absolute Gasteiger partial charge is 0.311 e. The molecule has 2 nitrogen and oxygen atoms in total. The maximum absolute atomic E-state index is 4.64. The first-order valence-corrected chi connectivity index (χ1v) is 5.34. The van der Waals surface area contributed by atoms with Gasteiger partial charge in [-0.15, -0.1) is 0 Å². The Bertz CT molecular complexity index is 329. The first-order valence-electron chi connectivity index (χ1n) is 5.34. The Morgan fingerprint density at radius 3 is 2.57 bits per heavy atom. The van der Waals surface area contributed by atoms with Gasteiger partial charge in [0.2, 0.25) is 0 Å². The third-order valence-corrected chi connectivity index (χ3v) is 3.09. The molecule has 1 heterocycles. The van der Waals surface area contributed by atoms with Crippen LogP contribution in [0.3, 0.4) is 0 Å². The minimum absolute atomic E-state index is 0.467. The van der Waals surface area contributed by atoms with E-state index in [1.807, 2.05) is 7.05 Å². The summed E-state index contributed by atoms with van der Waals surface area (Å²) in [4.78, 5) is 4.64. The molecule has 1 saturated carbocycles. The highest BCUT2D eigenvalue weighted by Crippen LogP contribution is 2.40. The zero-order valence-corrected chi connectivity index (χ0v) is 9.17. The van der Waals surface area contributed by atoms with Gasteiger partial charge in [-0.25, -0.2) is 0 Å². The summed E-state index contributed by atoms with van der Waals surface area (Å²) in [5.74, 6) is 0.814. The monoisotopic (exact) mass is 190 g/mol. The van der Waals surface area contributed by atoms with Crippen molar-refractivity contribution >= 4 is 0 Å². The summed E-state index contributed by atoms with van der Waals surface area (Å²) in [5, 5.41) is 3.36. The Labute approximate surface area is 85.7 Å². The van der Waals surface area contributed by atoms with Crippen molar-refractivity contribution in [2.24, 2.45) is 5.92 Å². The molecule has 2 heteroatoms. The Morgan fingerprint density at radius 1 is 1.36 bits per heavy atom. The summed E-state index contributed by atoms with van der Waals surface area (Å²) in [7, 11) is 2.03. The van der Waals surface area contributed by atoms with Gasteiger partial charge in [-0.3, -0.25) is 4.98 Å². The van der Waals surface area contributed by atoms with Crippen LogP contribution in [0.15, 0.2) is 12.1 Å². The zero-order valence-electron chi connectivity index (χ0n) is 9.17. The van der Waals surface area contributed by atoms with Gasteiger partial charge in [0.15, 0.2) is 0 Å². The van der Waals surface area contributed by atoms with Gasteiger partial charge >= 0.3 is 0 Å². The molecule has 2 rings (SSSR count). The lowest BCUT2D eigenvalue weighted by Crippen LogP contribution is -2.19. The van der Waals surface area contributed by atoms with E-state index in [4.69, 9.17) is 0 Å². The highest BCUT2D eigenvalue weighted by molar-refractivity contribution is 5.23. The van der Waals surface area contributed by atoms with Gasteiger partial charge < -0.3 is 5.32 Å². The van der Waals surface area contributed by atoms with Gasteiger partial charge in [0.05, 0.1) is 11.7 Å². The van der Waals surface area contributed by atoms with Crippen LogP contribution in [-0.2, 0) is 0 Å². The first-order chi connectivity index (χ1) is 6.72. The molecule has 1 aromatic rings. The number of hydrogen-bond acceptors (Lipinski definition) is 2. The number of rotatable bonds is 3. The predicted molar refractivity (Wildman–Crippen MR) is 58.2 cm³/mol. The maximum atomic E-state index is 4.64. The molecule has 1 aromatic heterocycles. The van der Waals surface area contributed by atoms with Gasteiger partial charge in [-0.05, 0) is 51.3 Å². The molecule has 14 heavy (non-hydrogen) atoms. The van der Waals surface area contributed by atoms with Crippen LogP contribution >= 0.6 is 0 Å². The normalized spacial score (nSPS) is 18.2. The number of aromatic nitrogens is 1. The van der Waals surface area contributed by atoms with Crippen molar-refractivity contribution in [2.75, 3.05) is 7.05 Å².